The molecule has 0 N–H and O–H groups in total. The van der Waals surface area contributed by atoms with E-state index >= 15 is 0 Å². The van der Waals surface area contributed by atoms with E-state index in [2.05, 4.69) is 48.6 Å². The minimum absolute atomic E-state index is 0.860. The van der Waals surface area contributed by atoms with Gasteiger partial charge in [-0.15, -0.1) is 0 Å². The molecule has 0 aliphatic heterocycles. The summed E-state index contributed by atoms with van der Waals surface area (Å²) in [5.41, 5.74) is 0. The Labute approximate surface area is 93.9 Å². The first kappa shape index (κ1) is 12.3. The van der Waals surface area contributed by atoms with Gasteiger partial charge in [-0.25, -0.2) is 9.13 Å². The van der Waals surface area contributed by atoms with Gasteiger partial charge in [0.05, 0.1) is 13.1 Å². The van der Waals surface area contributed by atoms with Crippen LogP contribution in [0.2, 0.25) is 0 Å². The highest BCUT2D eigenvalue weighted by Crippen LogP contribution is 2.07. The summed E-state index contributed by atoms with van der Waals surface area (Å²) in [5, 5.41) is 0. The lowest BCUT2D eigenvalue weighted by molar-refractivity contribution is -0.696. The van der Waals surface area contributed by atoms with Crippen molar-refractivity contribution in [3.8, 4) is 0 Å². The Hall–Kier alpha value is -0.790. The number of aromatic nitrogens is 2. The highest BCUT2D eigenvalue weighted by molar-refractivity contribution is 4.64. The van der Waals surface area contributed by atoms with Crippen molar-refractivity contribution < 1.29 is 4.57 Å². The number of unbranched alkanes of at least 4 members (excludes halogenated alkanes) is 2. The SMILES string of the molecule is CCn1cc[n+](CCCCCC(C)C)c1. The van der Waals surface area contributed by atoms with Crippen LogP contribution in [0.1, 0.15) is 46.5 Å². The van der Waals surface area contributed by atoms with Crippen LogP contribution in [0, 0.1) is 5.92 Å². The predicted octanol–water partition coefficient (Wildman–Crippen LogP) is 3.01. The molecule has 0 radical (unpaired) electrons. The van der Waals surface area contributed by atoms with E-state index in [0.717, 1.165) is 12.5 Å². The molecule has 1 aromatic heterocycles. The summed E-state index contributed by atoms with van der Waals surface area (Å²) < 4.78 is 4.51. The molecule has 86 valence electrons. The average molecular weight is 209 g/mol. The molecule has 0 aromatic carbocycles. The van der Waals surface area contributed by atoms with Crippen molar-refractivity contribution in [3.63, 3.8) is 0 Å². The van der Waals surface area contributed by atoms with Gasteiger partial charge in [0.15, 0.2) is 0 Å². The van der Waals surface area contributed by atoms with E-state index < -0.39 is 0 Å². The molecule has 2 heteroatoms. The van der Waals surface area contributed by atoms with E-state index in [9.17, 15) is 0 Å². The van der Waals surface area contributed by atoms with Crippen molar-refractivity contribution in [1.82, 2.24) is 4.57 Å². The molecule has 0 bridgehead atoms. The van der Waals surface area contributed by atoms with Gasteiger partial charge >= 0.3 is 0 Å². The van der Waals surface area contributed by atoms with Crippen LogP contribution in [0.3, 0.4) is 0 Å². The van der Waals surface area contributed by atoms with E-state index in [1.807, 2.05) is 0 Å². The molecule has 0 aliphatic rings. The molecule has 0 fully saturated rings. The number of hydrogen-bond donors (Lipinski definition) is 0. The molecule has 0 aliphatic carbocycles. The van der Waals surface area contributed by atoms with E-state index in [1.165, 1.54) is 32.2 Å². The van der Waals surface area contributed by atoms with Gasteiger partial charge in [0.1, 0.15) is 12.4 Å². The quantitative estimate of drug-likeness (QED) is 0.482. The van der Waals surface area contributed by atoms with Crippen molar-refractivity contribution in [2.45, 2.75) is 59.5 Å². The topological polar surface area (TPSA) is 8.81 Å². The molecule has 0 amide bonds. The lowest BCUT2D eigenvalue weighted by Gasteiger charge is -2.02. The third kappa shape index (κ3) is 5.01. The molecule has 2 nitrogen and oxygen atoms in total. The first-order valence-electron chi connectivity index (χ1n) is 6.27. The zero-order valence-electron chi connectivity index (χ0n) is 10.4. The number of hydrogen-bond acceptors (Lipinski definition) is 0. The maximum Gasteiger partial charge on any atom is 0.243 e. The Morgan fingerprint density at radius 2 is 2.00 bits per heavy atom. The third-order valence-electron chi connectivity index (χ3n) is 2.81. The Morgan fingerprint density at radius 3 is 2.60 bits per heavy atom. The Bertz CT molecular complexity index is 263. The fourth-order valence-corrected chi connectivity index (χ4v) is 1.78. The Kier molecular flexibility index (Phi) is 5.44. The van der Waals surface area contributed by atoms with Gasteiger partial charge in [0.2, 0.25) is 6.33 Å². The number of imidazole rings is 1. The molecule has 0 saturated heterocycles. The first-order chi connectivity index (χ1) is 7.22. The van der Waals surface area contributed by atoms with Crippen LogP contribution in [0.4, 0.5) is 0 Å². The minimum atomic E-state index is 0.860. The summed E-state index contributed by atoms with van der Waals surface area (Å²) in [6, 6.07) is 0. The maximum absolute atomic E-state index is 2.30. The van der Waals surface area contributed by atoms with Crippen LogP contribution in [0.5, 0.6) is 0 Å². The van der Waals surface area contributed by atoms with Gasteiger partial charge in [-0.2, -0.15) is 0 Å². The van der Waals surface area contributed by atoms with Crippen LogP contribution in [0.25, 0.3) is 0 Å². The number of nitrogens with zero attached hydrogens (tertiary/aromatic N) is 2. The summed E-state index contributed by atoms with van der Waals surface area (Å²) in [7, 11) is 0. The third-order valence-corrected chi connectivity index (χ3v) is 2.81. The highest BCUT2D eigenvalue weighted by atomic mass is 15.1. The molecule has 0 spiro atoms. The van der Waals surface area contributed by atoms with Crippen molar-refractivity contribution in [1.29, 1.82) is 0 Å². The average Bonchev–Trinajstić information content (AvgIpc) is 2.65. The normalized spacial score (nSPS) is 11.2. The molecule has 0 atom stereocenters. The zero-order valence-corrected chi connectivity index (χ0v) is 10.4. The Balaban J connectivity index is 2.09. The van der Waals surface area contributed by atoms with Crippen LogP contribution in [-0.2, 0) is 13.1 Å². The van der Waals surface area contributed by atoms with E-state index in [0.29, 0.717) is 0 Å². The number of aryl methyl sites for hydroxylation is 2. The second kappa shape index (κ2) is 6.65. The van der Waals surface area contributed by atoms with Gasteiger partial charge in [-0.1, -0.05) is 26.7 Å². The fraction of sp³-hybridized carbons (Fsp3) is 0.769. The largest absolute Gasteiger partial charge is 0.243 e. The van der Waals surface area contributed by atoms with Crippen LogP contribution in [0.15, 0.2) is 18.7 Å². The fourth-order valence-electron chi connectivity index (χ4n) is 1.78. The molecule has 1 rings (SSSR count). The van der Waals surface area contributed by atoms with Gasteiger partial charge in [0.25, 0.3) is 0 Å². The first-order valence-corrected chi connectivity index (χ1v) is 6.27. The van der Waals surface area contributed by atoms with Gasteiger partial charge < -0.3 is 0 Å². The summed E-state index contributed by atoms with van der Waals surface area (Å²) in [6.07, 6.45) is 11.9. The lowest BCUT2D eigenvalue weighted by atomic mass is 10.1. The highest BCUT2D eigenvalue weighted by Gasteiger charge is 2.01. The Morgan fingerprint density at radius 1 is 1.20 bits per heavy atom. The summed E-state index contributed by atoms with van der Waals surface area (Å²) >= 11 is 0. The van der Waals surface area contributed by atoms with E-state index in [-0.39, 0.29) is 0 Å². The zero-order chi connectivity index (χ0) is 11.1. The van der Waals surface area contributed by atoms with E-state index in [4.69, 9.17) is 0 Å². The van der Waals surface area contributed by atoms with Crippen LogP contribution in [-0.4, -0.2) is 4.57 Å². The predicted molar refractivity (Wildman–Crippen MR) is 63.6 cm³/mol. The molecule has 15 heavy (non-hydrogen) atoms. The monoisotopic (exact) mass is 209 g/mol. The molecule has 0 saturated carbocycles. The second-order valence-electron chi connectivity index (χ2n) is 4.73. The smallest absolute Gasteiger partial charge is 0.237 e. The van der Waals surface area contributed by atoms with Gasteiger partial charge in [0, 0.05) is 0 Å². The standard InChI is InChI=1S/C13H25N2/c1-4-14-10-11-15(12-14)9-7-5-6-8-13(2)3/h10-13H,4-9H2,1-3H3/q+1. The van der Waals surface area contributed by atoms with Crippen molar-refractivity contribution in [2.75, 3.05) is 0 Å². The molecule has 1 heterocycles. The molecule has 1 aromatic rings. The summed E-state index contributed by atoms with van der Waals surface area (Å²) in [6.45, 7) is 9.02. The van der Waals surface area contributed by atoms with Gasteiger partial charge in [-0.3, -0.25) is 0 Å². The summed E-state index contributed by atoms with van der Waals surface area (Å²) in [4.78, 5) is 0. The summed E-state index contributed by atoms with van der Waals surface area (Å²) in [5.74, 6) is 0.860. The second-order valence-corrected chi connectivity index (χ2v) is 4.73. The van der Waals surface area contributed by atoms with Crippen molar-refractivity contribution >= 4 is 0 Å². The van der Waals surface area contributed by atoms with Crippen LogP contribution >= 0.6 is 0 Å². The maximum atomic E-state index is 2.30. The molecule has 0 unspecified atom stereocenters. The van der Waals surface area contributed by atoms with Gasteiger partial charge in [-0.05, 0) is 25.7 Å². The van der Waals surface area contributed by atoms with Crippen molar-refractivity contribution in [2.24, 2.45) is 5.92 Å². The lowest BCUT2D eigenvalue weighted by Crippen LogP contribution is -2.30. The van der Waals surface area contributed by atoms with Crippen molar-refractivity contribution in [3.05, 3.63) is 18.7 Å². The minimum Gasteiger partial charge on any atom is -0.237 e. The molecular weight excluding hydrogens is 184 g/mol. The number of rotatable bonds is 7. The van der Waals surface area contributed by atoms with Crippen LogP contribution < -0.4 is 4.57 Å². The van der Waals surface area contributed by atoms with E-state index in [1.54, 1.807) is 0 Å². The molecular formula is C13H25N2+.